The number of thiophene rings is 1. The molecule has 0 fully saturated rings. The first kappa shape index (κ1) is 13.6. The molecule has 3 aromatic rings. The molecule has 0 aliphatic heterocycles. The Balaban J connectivity index is 1.76. The number of aromatic nitrogens is 2. The van der Waals surface area contributed by atoms with Crippen LogP contribution in [0.3, 0.4) is 0 Å². The quantitative estimate of drug-likeness (QED) is 0.799. The van der Waals surface area contributed by atoms with Gasteiger partial charge in [-0.25, -0.2) is 4.68 Å². The molecule has 2 aromatic heterocycles. The van der Waals surface area contributed by atoms with Crippen LogP contribution in [0.5, 0.6) is 0 Å². The molecule has 5 heteroatoms. The van der Waals surface area contributed by atoms with Crippen molar-refractivity contribution in [3.8, 4) is 5.69 Å². The van der Waals surface area contributed by atoms with Crippen molar-refractivity contribution in [3.63, 3.8) is 0 Å². The number of aryl methyl sites for hydroxylation is 2. The van der Waals surface area contributed by atoms with Crippen molar-refractivity contribution < 1.29 is 4.79 Å². The van der Waals surface area contributed by atoms with Gasteiger partial charge in [0.25, 0.3) is 5.91 Å². The number of nitrogens with one attached hydrogen (secondary N) is 1. The molecule has 21 heavy (non-hydrogen) atoms. The lowest BCUT2D eigenvalue weighted by Crippen LogP contribution is -2.11. The smallest absolute Gasteiger partial charge is 0.265 e. The van der Waals surface area contributed by atoms with Gasteiger partial charge in [-0.1, -0.05) is 0 Å². The van der Waals surface area contributed by atoms with Gasteiger partial charge >= 0.3 is 0 Å². The summed E-state index contributed by atoms with van der Waals surface area (Å²) in [5.74, 6) is -0.0646. The second-order valence-corrected chi connectivity index (χ2v) is 5.75. The van der Waals surface area contributed by atoms with Crippen LogP contribution < -0.4 is 5.32 Å². The first-order valence-electron chi connectivity index (χ1n) is 6.61. The molecule has 0 aliphatic rings. The van der Waals surface area contributed by atoms with Crippen LogP contribution in [0.15, 0.2) is 48.0 Å². The Kier molecular flexibility index (Phi) is 3.58. The minimum Gasteiger partial charge on any atom is -0.321 e. The molecule has 0 atom stereocenters. The summed E-state index contributed by atoms with van der Waals surface area (Å²) >= 11 is 1.45. The second-order valence-electron chi connectivity index (χ2n) is 4.84. The number of carbonyl (C=O) groups excluding carboxylic acids is 1. The average molecular weight is 297 g/mol. The molecule has 0 radical (unpaired) electrons. The van der Waals surface area contributed by atoms with E-state index in [2.05, 4.69) is 10.4 Å². The van der Waals surface area contributed by atoms with Crippen LogP contribution in [-0.4, -0.2) is 15.7 Å². The normalized spacial score (nSPS) is 10.6. The van der Waals surface area contributed by atoms with E-state index < -0.39 is 0 Å². The summed E-state index contributed by atoms with van der Waals surface area (Å²) in [5, 5.41) is 9.19. The molecule has 0 saturated heterocycles. The van der Waals surface area contributed by atoms with Gasteiger partial charge in [0.15, 0.2) is 0 Å². The van der Waals surface area contributed by atoms with Gasteiger partial charge in [-0.15, -0.1) is 11.3 Å². The Morgan fingerprint density at radius 3 is 2.48 bits per heavy atom. The zero-order valence-electron chi connectivity index (χ0n) is 11.8. The van der Waals surface area contributed by atoms with Gasteiger partial charge in [0.05, 0.1) is 16.3 Å². The molecular weight excluding hydrogens is 282 g/mol. The Hall–Kier alpha value is -2.40. The zero-order chi connectivity index (χ0) is 14.8. The van der Waals surface area contributed by atoms with Crippen molar-refractivity contribution in [2.75, 3.05) is 5.32 Å². The van der Waals surface area contributed by atoms with Crippen LogP contribution in [0.1, 0.15) is 20.9 Å². The third kappa shape index (κ3) is 2.87. The number of rotatable bonds is 3. The predicted octanol–water partition coefficient (Wildman–Crippen LogP) is 3.80. The van der Waals surface area contributed by atoms with E-state index in [9.17, 15) is 4.79 Å². The number of nitrogens with zero attached hydrogens (tertiary/aromatic N) is 2. The van der Waals surface area contributed by atoms with E-state index >= 15 is 0 Å². The number of hydrogen-bond acceptors (Lipinski definition) is 3. The summed E-state index contributed by atoms with van der Waals surface area (Å²) in [6.45, 7) is 3.89. The molecule has 0 bridgehead atoms. The highest BCUT2D eigenvalue weighted by molar-refractivity contribution is 7.12. The number of carbonyl (C=O) groups is 1. The van der Waals surface area contributed by atoms with Crippen molar-refractivity contribution in [2.24, 2.45) is 0 Å². The number of amides is 1. The lowest BCUT2D eigenvalue weighted by molar-refractivity contribution is 0.103. The first-order chi connectivity index (χ1) is 10.1. The largest absolute Gasteiger partial charge is 0.321 e. The van der Waals surface area contributed by atoms with Crippen LogP contribution in [0.25, 0.3) is 5.69 Å². The van der Waals surface area contributed by atoms with Crippen molar-refractivity contribution in [2.45, 2.75) is 13.8 Å². The number of anilines is 1. The minimum absolute atomic E-state index is 0.0646. The molecule has 3 rings (SSSR count). The van der Waals surface area contributed by atoms with Gasteiger partial charge in [-0.2, -0.15) is 5.10 Å². The Morgan fingerprint density at radius 1 is 1.14 bits per heavy atom. The first-order valence-corrected chi connectivity index (χ1v) is 7.49. The van der Waals surface area contributed by atoms with Gasteiger partial charge in [0, 0.05) is 11.9 Å². The summed E-state index contributed by atoms with van der Waals surface area (Å²) in [6.07, 6.45) is 1.91. The van der Waals surface area contributed by atoms with Gasteiger partial charge < -0.3 is 5.32 Å². The topological polar surface area (TPSA) is 46.9 Å². The molecule has 0 unspecified atom stereocenters. The van der Waals surface area contributed by atoms with Gasteiger partial charge in [-0.05, 0) is 61.2 Å². The zero-order valence-corrected chi connectivity index (χ0v) is 12.6. The summed E-state index contributed by atoms with van der Waals surface area (Å²) in [5.41, 5.74) is 3.72. The van der Waals surface area contributed by atoms with Crippen molar-refractivity contribution in [3.05, 3.63) is 64.1 Å². The maximum absolute atomic E-state index is 12.1. The Labute approximate surface area is 127 Å². The van der Waals surface area contributed by atoms with E-state index in [0.717, 1.165) is 27.5 Å². The lowest BCUT2D eigenvalue weighted by Gasteiger charge is -2.06. The molecule has 0 saturated carbocycles. The second kappa shape index (κ2) is 5.54. The molecule has 1 aromatic carbocycles. The molecule has 106 valence electrons. The predicted molar refractivity (Wildman–Crippen MR) is 85.3 cm³/mol. The van der Waals surface area contributed by atoms with E-state index in [0.29, 0.717) is 0 Å². The van der Waals surface area contributed by atoms with Crippen LogP contribution in [-0.2, 0) is 0 Å². The Bertz CT molecular complexity index is 771. The van der Waals surface area contributed by atoms with Crippen molar-refractivity contribution in [1.82, 2.24) is 9.78 Å². The van der Waals surface area contributed by atoms with E-state index in [1.807, 2.05) is 66.5 Å². The molecule has 1 N–H and O–H groups in total. The lowest BCUT2D eigenvalue weighted by atomic mass is 10.2. The maximum atomic E-state index is 12.1. The third-order valence-corrected chi connectivity index (χ3v) is 4.20. The number of hydrogen-bond donors (Lipinski definition) is 1. The summed E-state index contributed by atoms with van der Waals surface area (Å²) in [6, 6.07) is 11.5. The Morgan fingerprint density at radius 2 is 1.90 bits per heavy atom. The highest BCUT2D eigenvalue weighted by Gasteiger charge is 2.10. The molecule has 0 aliphatic carbocycles. The summed E-state index contributed by atoms with van der Waals surface area (Å²) in [4.78, 5) is 12.9. The summed E-state index contributed by atoms with van der Waals surface area (Å²) in [7, 11) is 0. The van der Waals surface area contributed by atoms with Crippen LogP contribution in [0, 0.1) is 13.8 Å². The van der Waals surface area contributed by atoms with Crippen LogP contribution >= 0.6 is 11.3 Å². The standard InChI is InChI=1S/C16H15N3OS/c1-11-8-10-21-15(11)16(20)17-13-3-5-14(6-4-13)19-9-7-12(2)18-19/h3-10H,1-2H3,(H,17,20). The van der Waals surface area contributed by atoms with Gasteiger partial charge in [0.1, 0.15) is 0 Å². The fraction of sp³-hybridized carbons (Fsp3) is 0.125. The molecule has 4 nitrogen and oxygen atoms in total. The monoisotopic (exact) mass is 297 g/mol. The highest BCUT2D eigenvalue weighted by Crippen LogP contribution is 2.19. The molecule has 2 heterocycles. The number of benzene rings is 1. The molecular formula is C16H15N3OS. The van der Waals surface area contributed by atoms with E-state index in [1.165, 1.54) is 11.3 Å². The van der Waals surface area contributed by atoms with E-state index in [-0.39, 0.29) is 5.91 Å². The van der Waals surface area contributed by atoms with Gasteiger partial charge in [0.2, 0.25) is 0 Å². The van der Waals surface area contributed by atoms with Crippen molar-refractivity contribution in [1.29, 1.82) is 0 Å². The van der Waals surface area contributed by atoms with Crippen molar-refractivity contribution >= 4 is 22.9 Å². The summed E-state index contributed by atoms with van der Waals surface area (Å²) < 4.78 is 1.81. The fourth-order valence-corrected chi connectivity index (χ4v) is 2.87. The third-order valence-electron chi connectivity index (χ3n) is 3.18. The minimum atomic E-state index is -0.0646. The maximum Gasteiger partial charge on any atom is 0.265 e. The molecule has 1 amide bonds. The van der Waals surface area contributed by atoms with Crippen LogP contribution in [0.2, 0.25) is 0 Å². The van der Waals surface area contributed by atoms with E-state index in [4.69, 9.17) is 0 Å². The van der Waals surface area contributed by atoms with Crippen LogP contribution in [0.4, 0.5) is 5.69 Å². The van der Waals surface area contributed by atoms with E-state index in [1.54, 1.807) is 0 Å². The average Bonchev–Trinajstić information content (AvgIpc) is 3.08. The highest BCUT2D eigenvalue weighted by atomic mass is 32.1. The fourth-order valence-electron chi connectivity index (χ4n) is 2.05. The SMILES string of the molecule is Cc1ccn(-c2ccc(NC(=O)c3sccc3C)cc2)n1. The molecule has 0 spiro atoms. The van der Waals surface area contributed by atoms with Gasteiger partial charge in [-0.3, -0.25) is 4.79 Å².